The number of hydrogen-bond acceptors (Lipinski definition) is 4. The van der Waals surface area contributed by atoms with Crippen molar-refractivity contribution in [2.75, 3.05) is 26.8 Å². The van der Waals surface area contributed by atoms with Crippen molar-refractivity contribution in [3.05, 3.63) is 18.0 Å². The molecule has 7 nitrogen and oxygen atoms in total. The maximum atomic E-state index is 11.8. The predicted octanol–water partition coefficient (Wildman–Crippen LogP) is -0.488. The number of methoxy groups -OCH3 is 1. The molecule has 94 valence electrons. The van der Waals surface area contributed by atoms with Gasteiger partial charge in [-0.25, -0.2) is 0 Å². The summed E-state index contributed by atoms with van der Waals surface area (Å²) in [4.78, 5) is 23.7. The number of nitrogens with one attached hydrogen (secondary N) is 1. The van der Waals surface area contributed by atoms with E-state index >= 15 is 0 Å². The molecule has 17 heavy (non-hydrogen) atoms. The van der Waals surface area contributed by atoms with E-state index < -0.39 is 5.97 Å². The zero-order valence-electron chi connectivity index (χ0n) is 9.55. The largest absolute Gasteiger partial charge is 0.480 e. The molecule has 1 aromatic rings. The molecule has 1 rings (SSSR count). The van der Waals surface area contributed by atoms with Gasteiger partial charge in [0.25, 0.3) is 0 Å². The van der Waals surface area contributed by atoms with Crippen molar-refractivity contribution < 1.29 is 19.4 Å². The molecule has 0 spiro atoms. The highest BCUT2D eigenvalue weighted by Crippen LogP contribution is 1.99. The molecule has 1 amide bonds. The number of carbonyl (C=O) groups excluding carboxylic acids is 1. The lowest BCUT2D eigenvalue weighted by Crippen LogP contribution is -2.38. The Labute approximate surface area is 98.4 Å². The van der Waals surface area contributed by atoms with E-state index in [0.29, 0.717) is 12.3 Å². The third kappa shape index (κ3) is 4.64. The van der Waals surface area contributed by atoms with Gasteiger partial charge in [-0.15, -0.1) is 0 Å². The highest BCUT2D eigenvalue weighted by Gasteiger charge is 2.17. The van der Waals surface area contributed by atoms with E-state index in [4.69, 9.17) is 9.84 Å². The van der Waals surface area contributed by atoms with E-state index in [9.17, 15) is 9.59 Å². The molecule has 0 saturated carbocycles. The molecular weight excluding hydrogens is 226 g/mol. The van der Waals surface area contributed by atoms with Crippen LogP contribution < -0.4 is 0 Å². The molecule has 0 atom stereocenters. The van der Waals surface area contributed by atoms with Crippen molar-refractivity contribution in [3.8, 4) is 0 Å². The molecule has 0 fully saturated rings. The van der Waals surface area contributed by atoms with E-state index in [0.717, 1.165) is 0 Å². The third-order valence-electron chi connectivity index (χ3n) is 2.14. The smallest absolute Gasteiger partial charge is 0.323 e. The minimum Gasteiger partial charge on any atom is -0.480 e. The summed E-state index contributed by atoms with van der Waals surface area (Å²) in [6, 6.07) is 1.67. The van der Waals surface area contributed by atoms with Gasteiger partial charge < -0.3 is 14.7 Å². The first-order valence-corrected chi connectivity index (χ1v) is 5.10. The maximum absolute atomic E-state index is 11.8. The number of aromatic nitrogens is 2. The fourth-order valence-electron chi connectivity index (χ4n) is 1.31. The number of amides is 1. The third-order valence-corrected chi connectivity index (χ3v) is 2.14. The summed E-state index contributed by atoms with van der Waals surface area (Å²) < 4.78 is 4.83. The molecule has 0 bridgehead atoms. The molecule has 0 radical (unpaired) electrons. The van der Waals surface area contributed by atoms with Gasteiger partial charge in [-0.1, -0.05) is 0 Å². The first kappa shape index (κ1) is 13.2. The second-order valence-corrected chi connectivity index (χ2v) is 3.46. The van der Waals surface area contributed by atoms with Crippen LogP contribution in [0.3, 0.4) is 0 Å². The van der Waals surface area contributed by atoms with Crippen molar-refractivity contribution in [2.45, 2.75) is 6.42 Å². The highest BCUT2D eigenvalue weighted by molar-refractivity contribution is 5.82. The number of H-pyrrole nitrogens is 1. The summed E-state index contributed by atoms with van der Waals surface area (Å²) in [5.74, 6) is -1.31. The minimum atomic E-state index is -1.04. The number of hydrogen-bond donors (Lipinski definition) is 2. The van der Waals surface area contributed by atoms with E-state index in [1.54, 1.807) is 12.3 Å². The van der Waals surface area contributed by atoms with Gasteiger partial charge in [-0.2, -0.15) is 5.10 Å². The average molecular weight is 241 g/mol. The van der Waals surface area contributed by atoms with Gasteiger partial charge in [0.1, 0.15) is 6.54 Å². The number of carbonyl (C=O) groups is 2. The molecular formula is C10H15N3O4. The van der Waals surface area contributed by atoms with E-state index in [2.05, 4.69) is 10.2 Å². The van der Waals surface area contributed by atoms with Crippen LogP contribution in [0.1, 0.15) is 5.69 Å². The Hall–Kier alpha value is -1.89. The first-order valence-electron chi connectivity index (χ1n) is 5.10. The van der Waals surface area contributed by atoms with Gasteiger partial charge >= 0.3 is 5.97 Å². The summed E-state index contributed by atoms with van der Waals surface area (Å²) >= 11 is 0. The molecule has 0 aromatic carbocycles. The topological polar surface area (TPSA) is 95.5 Å². The van der Waals surface area contributed by atoms with Gasteiger partial charge in [0.2, 0.25) is 5.91 Å². The lowest BCUT2D eigenvalue weighted by Gasteiger charge is -2.19. The molecule has 0 aliphatic carbocycles. The average Bonchev–Trinajstić information content (AvgIpc) is 2.76. The van der Waals surface area contributed by atoms with Crippen LogP contribution in [0.5, 0.6) is 0 Å². The van der Waals surface area contributed by atoms with Gasteiger partial charge in [0, 0.05) is 25.5 Å². The van der Waals surface area contributed by atoms with Crippen LogP contribution in [0.4, 0.5) is 0 Å². The Morgan fingerprint density at radius 3 is 2.88 bits per heavy atom. The second-order valence-electron chi connectivity index (χ2n) is 3.46. The molecule has 1 aromatic heterocycles. The van der Waals surface area contributed by atoms with Gasteiger partial charge in [-0.3, -0.25) is 14.7 Å². The summed E-state index contributed by atoms with van der Waals surface area (Å²) in [7, 11) is 1.50. The van der Waals surface area contributed by atoms with Crippen molar-refractivity contribution in [1.29, 1.82) is 0 Å². The number of ether oxygens (including phenoxy) is 1. The van der Waals surface area contributed by atoms with Crippen LogP contribution in [0.15, 0.2) is 12.3 Å². The summed E-state index contributed by atoms with van der Waals surface area (Å²) in [6.07, 6.45) is 1.65. The Bertz CT molecular complexity index is 364. The SMILES string of the molecule is COCCN(CC(=O)O)C(=O)Cc1ccn[nH]1. The van der Waals surface area contributed by atoms with Crippen LogP contribution in [0.2, 0.25) is 0 Å². The van der Waals surface area contributed by atoms with Crippen LogP contribution in [0, 0.1) is 0 Å². The summed E-state index contributed by atoms with van der Waals surface area (Å²) in [5.41, 5.74) is 0.655. The van der Waals surface area contributed by atoms with Crippen LogP contribution >= 0.6 is 0 Å². The molecule has 0 aliphatic rings. The number of nitrogens with zero attached hydrogens (tertiary/aromatic N) is 2. The standard InChI is InChI=1S/C10H15N3O4/c1-17-5-4-13(7-10(15)16)9(14)6-8-2-3-11-12-8/h2-3H,4-7H2,1H3,(H,11,12)(H,15,16). The second kappa shape index (κ2) is 6.64. The zero-order valence-corrected chi connectivity index (χ0v) is 9.55. The fraction of sp³-hybridized carbons (Fsp3) is 0.500. The Morgan fingerprint density at radius 1 is 1.59 bits per heavy atom. The zero-order chi connectivity index (χ0) is 12.7. The molecule has 0 unspecified atom stereocenters. The van der Waals surface area contributed by atoms with Gasteiger partial charge in [0.05, 0.1) is 13.0 Å². The molecule has 2 N–H and O–H groups in total. The Morgan fingerprint density at radius 2 is 2.35 bits per heavy atom. The highest BCUT2D eigenvalue weighted by atomic mass is 16.5. The number of carboxylic acids is 1. The van der Waals surface area contributed by atoms with E-state index in [-0.39, 0.29) is 25.4 Å². The number of aromatic amines is 1. The molecule has 0 aliphatic heterocycles. The monoisotopic (exact) mass is 241 g/mol. The Kier molecular flexibility index (Phi) is 5.15. The van der Waals surface area contributed by atoms with Gasteiger partial charge in [-0.05, 0) is 6.07 Å². The van der Waals surface area contributed by atoms with Crippen molar-refractivity contribution in [1.82, 2.24) is 15.1 Å². The van der Waals surface area contributed by atoms with Crippen LogP contribution in [-0.2, 0) is 20.7 Å². The molecule has 7 heteroatoms. The van der Waals surface area contributed by atoms with Crippen molar-refractivity contribution in [3.63, 3.8) is 0 Å². The van der Waals surface area contributed by atoms with E-state index in [1.807, 2.05) is 0 Å². The van der Waals surface area contributed by atoms with Crippen molar-refractivity contribution in [2.24, 2.45) is 0 Å². The van der Waals surface area contributed by atoms with Crippen LogP contribution in [-0.4, -0.2) is 58.9 Å². The lowest BCUT2D eigenvalue weighted by atomic mass is 10.2. The number of rotatable bonds is 7. The predicted molar refractivity (Wildman–Crippen MR) is 58.4 cm³/mol. The maximum Gasteiger partial charge on any atom is 0.323 e. The first-order chi connectivity index (χ1) is 8.13. The molecule has 0 saturated heterocycles. The number of carboxylic acid groups (broad SMARTS) is 1. The quantitative estimate of drug-likeness (QED) is 0.671. The summed E-state index contributed by atoms with van der Waals surface area (Å²) in [6.45, 7) is 0.244. The Balaban J connectivity index is 2.55. The van der Waals surface area contributed by atoms with Crippen molar-refractivity contribution >= 4 is 11.9 Å². The lowest BCUT2D eigenvalue weighted by molar-refractivity contribution is -0.144. The van der Waals surface area contributed by atoms with Gasteiger partial charge in [0.15, 0.2) is 0 Å². The van der Waals surface area contributed by atoms with E-state index in [1.165, 1.54) is 12.0 Å². The molecule has 1 heterocycles. The fourth-order valence-corrected chi connectivity index (χ4v) is 1.31. The minimum absolute atomic E-state index is 0.108. The summed E-state index contributed by atoms with van der Waals surface area (Å²) in [5, 5.41) is 15.1. The normalized spacial score (nSPS) is 10.2. The number of aliphatic carboxylic acids is 1. The van der Waals surface area contributed by atoms with Crippen LogP contribution in [0.25, 0.3) is 0 Å².